The lowest BCUT2D eigenvalue weighted by Gasteiger charge is -2.31. The highest BCUT2D eigenvalue weighted by molar-refractivity contribution is 7.99. The van der Waals surface area contributed by atoms with Crippen LogP contribution in [0.2, 0.25) is 15.1 Å². The summed E-state index contributed by atoms with van der Waals surface area (Å²) in [6, 6.07) is 12.4. The number of rotatable bonds is 10. The standard InChI is InChI=1S/C25H29Cl3N2O2S/c1-2-23(25(32)29-20-8-4-5-9-20)30(14-17-7-3-6-10-21(17)27)24(31)16-33-15-18-11-12-19(26)13-22(18)28/h3,6-7,10-13,20,23H,2,4-5,8-9,14-16H2,1H3,(H,29,32)/t23-/m0/s1. The van der Waals surface area contributed by atoms with Gasteiger partial charge in [-0.3, -0.25) is 9.59 Å². The Morgan fingerprint density at radius 2 is 1.79 bits per heavy atom. The van der Waals surface area contributed by atoms with Crippen LogP contribution >= 0.6 is 46.6 Å². The molecule has 0 radical (unpaired) electrons. The van der Waals surface area contributed by atoms with E-state index < -0.39 is 6.04 Å². The number of nitrogens with one attached hydrogen (secondary N) is 1. The highest BCUT2D eigenvalue weighted by atomic mass is 35.5. The molecule has 0 bridgehead atoms. The third kappa shape index (κ3) is 7.54. The van der Waals surface area contributed by atoms with Crippen molar-refractivity contribution in [2.45, 2.75) is 63.4 Å². The second-order valence-corrected chi connectivity index (χ2v) is 10.5. The van der Waals surface area contributed by atoms with E-state index in [9.17, 15) is 9.59 Å². The molecule has 3 rings (SSSR count). The molecule has 1 aliphatic rings. The van der Waals surface area contributed by atoms with Gasteiger partial charge in [0.15, 0.2) is 0 Å². The van der Waals surface area contributed by atoms with Crippen LogP contribution in [0.4, 0.5) is 0 Å². The minimum absolute atomic E-state index is 0.0875. The summed E-state index contributed by atoms with van der Waals surface area (Å²) in [7, 11) is 0. The van der Waals surface area contributed by atoms with Crippen molar-refractivity contribution >= 4 is 58.4 Å². The molecule has 0 aromatic heterocycles. The lowest BCUT2D eigenvalue weighted by Crippen LogP contribution is -2.51. The molecule has 1 aliphatic carbocycles. The fraction of sp³-hybridized carbons (Fsp3) is 0.440. The van der Waals surface area contributed by atoms with Gasteiger partial charge < -0.3 is 10.2 Å². The van der Waals surface area contributed by atoms with Crippen LogP contribution in [0.25, 0.3) is 0 Å². The minimum atomic E-state index is -0.547. The van der Waals surface area contributed by atoms with E-state index in [4.69, 9.17) is 34.8 Å². The van der Waals surface area contributed by atoms with Crippen molar-refractivity contribution in [2.75, 3.05) is 5.75 Å². The van der Waals surface area contributed by atoms with E-state index in [1.807, 2.05) is 31.2 Å². The summed E-state index contributed by atoms with van der Waals surface area (Å²) in [6.07, 6.45) is 4.79. The van der Waals surface area contributed by atoms with Gasteiger partial charge in [0.05, 0.1) is 5.75 Å². The van der Waals surface area contributed by atoms with Crippen molar-refractivity contribution in [1.82, 2.24) is 10.2 Å². The highest BCUT2D eigenvalue weighted by Crippen LogP contribution is 2.26. The monoisotopic (exact) mass is 526 g/mol. The minimum Gasteiger partial charge on any atom is -0.352 e. The van der Waals surface area contributed by atoms with Crippen LogP contribution in [0.5, 0.6) is 0 Å². The number of hydrogen-bond donors (Lipinski definition) is 1. The Kier molecular flexibility index (Phi) is 10.2. The largest absolute Gasteiger partial charge is 0.352 e. The van der Waals surface area contributed by atoms with Gasteiger partial charge in [0, 0.05) is 33.4 Å². The van der Waals surface area contributed by atoms with E-state index in [-0.39, 0.29) is 30.2 Å². The third-order valence-corrected chi connectivity index (χ3v) is 7.81. The van der Waals surface area contributed by atoms with Gasteiger partial charge in [-0.25, -0.2) is 0 Å². The number of carbonyl (C=O) groups is 2. The first-order valence-corrected chi connectivity index (χ1v) is 13.5. The maximum Gasteiger partial charge on any atom is 0.243 e. The molecule has 0 unspecified atom stereocenters. The van der Waals surface area contributed by atoms with Crippen LogP contribution in [-0.4, -0.2) is 34.6 Å². The Hall–Kier alpha value is -1.40. The van der Waals surface area contributed by atoms with Crippen LogP contribution in [-0.2, 0) is 21.9 Å². The molecule has 0 saturated heterocycles. The third-order valence-electron chi connectivity index (χ3n) is 5.88. The molecular formula is C25H29Cl3N2O2S. The normalized spacial score (nSPS) is 14.8. The Morgan fingerprint density at radius 3 is 2.45 bits per heavy atom. The Morgan fingerprint density at radius 1 is 1.06 bits per heavy atom. The summed E-state index contributed by atoms with van der Waals surface area (Å²) in [5, 5.41) is 4.90. The number of nitrogens with zero attached hydrogens (tertiary/aromatic N) is 1. The van der Waals surface area contributed by atoms with Crippen LogP contribution in [0.15, 0.2) is 42.5 Å². The van der Waals surface area contributed by atoms with E-state index >= 15 is 0 Å². The van der Waals surface area contributed by atoms with Crippen LogP contribution in [0, 0.1) is 0 Å². The number of benzene rings is 2. The summed E-state index contributed by atoms with van der Waals surface area (Å²) in [5.41, 5.74) is 1.74. The maximum absolute atomic E-state index is 13.4. The van der Waals surface area contributed by atoms with E-state index in [1.54, 1.807) is 23.1 Å². The van der Waals surface area contributed by atoms with Crippen molar-refractivity contribution in [3.63, 3.8) is 0 Å². The van der Waals surface area contributed by atoms with Gasteiger partial charge in [0.25, 0.3) is 0 Å². The van der Waals surface area contributed by atoms with Crippen molar-refractivity contribution in [1.29, 1.82) is 0 Å². The predicted octanol–water partition coefficient (Wildman–Crippen LogP) is 6.75. The molecule has 0 aliphatic heterocycles. The molecule has 33 heavy (non-hydrogen) atoms. The highest BCUT2D eigenvalue weighted by Gasteiger charge is 2.30. The van der Waals surface area contributed by atoms with Crippen molar-refractivity contribution in [2.24, 2.45) is 0 Å². The van der Waals surface area contributed by atoms with Crippen molar-refractivity contribution in [3.8, 4) is 0 Å². The first kappa shape index (κ1) is 26.2. The fourth-order valence-electron chi connectivity index (χ4n) is 4.07. The second kappa shape index (κ2) is 12.9. The molecular weight excluding hydrogens is 499 g/mol. The molecule has 4 nitrogen and oxygen atoms in total. The fourth-order valence-corrected chi connectivity index (χ4v) is 5.73. The van der Waals surface area contributed by atoms with E-state index in [1.165, 1.54) is 11.8 Å². The zero-order chi connectivity index (χ0) is 23.8. The van der Waals surface area contributed by atoms with E-state index in [0.29, 0.717) is 27.2 Å². The van der Waals surface area contributed by atoms with Crippen LogP contribution < -0.4 is 5.32 Å². The SMILES string of the molecule is CC[C@@H](C(=O)NC1CCCC1)N(Cc1ccccc1Cl)C(=O)CSCc1ccc(Cl)cc1Cl. The van der Waals surface area contributed by atoms with Gasteiger partial charge in [-0.15, -0.1) is 11.8 Å². The lowest BCUT2D eigenvalue weighted by molar-refractivity contribution is -0.139. The van der Waals surface area contributed by atoms with Gasteiger partial charge in [-0.05, 0) is 48.6 Å². The summed E-state index contributed by atoms with van der Waals surface area (Å²) < 4.78 is 0. The molecule has 1 N–H and O–H groups in total. The van der Waals surface area contributed by atoms with Gasteiger partial charge in [-0.2, -0.15) is 0 Å². The number of carbonyl (C=O) groups excluding carboxylic acids is 2. The number of hydrogen-bond acceptors (Lipinski definition) is 3. The Balaban J connectivity index is 1.72. The first-order valence-electron chi connectivity index (χ1n) is 11.2. The molecule has 2 amide bonds. The molecule has 1 fully saturated rings. The summed E-state index contributed by atoms with van der Waals surface area (Å²) in [4.78, 5) is 28.2. The molecule has 1 atom stereocenters. The zero-order valence-corrected chi connectivity index (χ0v) is 21.7. The predicted molar refractivity (Wildman–Crippen MR) is 139 cm³/mol. The summed E-state index contributed by atoms with van der Waals surface area (Å²) in [5.74, 6) is 0.623. The summed E-state index contributed by atoms with van der Waals surface area (Å²) >= 11 is 20.1. The smallest absolute Gasteiger partial charge is 0.243 e. The van der Waals surface area contributed by atoms with E-state index in [2.05, 4.69) is 5.32 Å². The zero-order valence-electron chi connectivity index (χ0n) is 18.7. The molecule has 1 saturated carbocycles. The molecule has 178 valence electrons. The second-order valence-electron chi connectivity index (χ2n) is 8.26. The van der Waals surface area contributed by atoms with Crippen LogP contribution in [0.1, 0.15) is 50.2 Å². The number of halogens is 3. The Bertz CT molecular complexity index is 966. The lowest BCUT2D eigenvalue weighted by atomic mass is 10.1. The summed E-state index contributed by atoms with van der Waals surface area (Å²) in [6.45, 7) is 2.23. The van der Waals surface area contributed by atoms with Gasteiger partial charge in [0.2, 0.25) is 11.8 Å². The van der Waals surface area contributed by atoms with Crippen LogP contribution in [0.3, 0.4) is 0 Å². The number of thioether (sulfide) groups is 1. The molecule has 0 heterocycles. The molecule has 2 aromatic rings. The van der Waals surface area contributed by atoms with Gasteiger partial charge in [-0.1, -0.05) is 78.8 Å². The molecule has 8 heteroatoms. The average Bonchev–Trinajstić information content (AvgIpc) is 3.29. The van der Waals surface area contributed by atoms with Gasteiger partial charge in [0.1, 0.15) is 6.04 Å². The Labute approximate surface area is 215 Å². The average molecular weight is 528 g/mol. The van der Waals surface area contributed by atoms with Crippen molar-refractivity contribution in [3.05, 3.63) is 68.7 Å². The van der Waals surface area contributed by atoms with Gasteiger partial charge >= 0.3 is 0 Å². The molecule has 2 aromatic carbocycles. The van der Waals surface area contributed by atoms with E-state index in [0.717, 1.165) is 36.8 Å². The topological polar surface area (TPSA) is 49.4 Å². The quantitative estimate of drug-likeness (QED) is 0.372. The number of amides is 2. The van der Waals surface area contributed by atoms with Crippen molar-refractivity contribution < 1.29 is 9.59 Å². The first-order chi connectivity index (χ1) is 15.9. The molecule has 0 spiro atoms. The maximum atomic E-state index is 13.4.